The first-order valence-corrected chi connectivity index (χ1v) is 6.37. The lowest BCUT2D eigenvalue weighted by molar-refractivity contribution is -0.132. The van der Waals surface area contributed by atoms with E-state index in [0.29, 0.717) is 0 Å². The molecule has 0 bridgehead atoms. The summed E-state index contributed by atoms with van der Waals surface area (Å²) in [6.07, 6.45) is 3.81. The van der Waals surface area contributed by atoms with E-state index in [1.165, 1.54) is 5.56 Å². The highest BCUT2D eigenvalue weighted by atomic mass is 16.5. The van der Waals surface area contributed by atoms with Crippen LogP contribution in [0.4, 0.5) is 5.69 Å². The van der Waals surface area contributed by atoms with Crippen molar-refractivity contribution in [2.45, 2.75) is 31.8 Å². The minimum Gasteiger partial charge on any atom is -0.368 e. The maximum Gasteiger partial charge on any atom is 0.256 e. The number of para-hydroxylation sites is 1. The van der Waals surface area contributed by atoms with Crippen molar-refractivity contribution in [2.24, 2.45) is 0 Å². The molecule has 2 aliphatic rings. The standard InChI is InChI=1S/C14H17NO2/c16-14(13-7-3-4-10-17-13)15-9-8-11-5-1-2-6-12(11)15/h1-2,5-6,13H,3-4,7-10H2. The van der Waals surface area contributed by atoms with Crippen LogP contribution in [-0.2, 0) is 16.0 Å². The fraction of sp³-hybridized carbons (Fsp3) is 0.500. The molecule has 1 amide bonds. The molecule has 0 N–H and O–H groups in total. The normalized spacial score (nSPS) is 23.5. The van der Waals surface area contributed by atoms with Gasteiger partial charge in [0.15, 0.2) is 0 Å². The van der Waals surface area contributed by atoms with Gasteiger partial charge < -0.3 is 9.64 Å². The molecular formula is C14H17NO2. The van der Waals surface area contributed by atoms with Gasteiger partial charge in [0.25, 0.3) is 5.91 Å². The van der Waals surface area contributed by atoms with Crippen molar-refractivity contribution in [3.63, 3.8) is 0 Å². The molecule has 17 heavy (non-hydrogen) atoms. The van der Waals surface area contributed by atoms with Crippen molar-refractivity contribution in [3.05, 3.63) is 29.8 Å². The second kappa shape index (κ2) is 4.49. The Bertz CT molecular complexity index is 424. The van der Waals surface area contributed by atoms with Gasteiger partial charge in [0.05, 0.1) is 0 Å². The average Bonchev–Trinajstić information content (AvgIpc) is 2.83. The van der Waals surface area contributed by atoms with Gasteiger partial charge in [-0.25, -0.2) is 0 Å². The van der Waals surface area contributed by atoms with E-state index in [4.69, 9.17) is 4.74 Å². The molecule has 0 aliphatic carbocycles. The minimum absolute atomic E-state index is 0.148. The van der Waals surface area contributed by atoms with Gasteiger partial charge in [0.1, 0.15) is 6.10 Å². The van der Waals surface area contributed by atoms with E-state index in [1.807, 2.05) is 23.1 Å². The van der Waals surface area contributed by atoms with Crippen LogP contribution in [0.15, 0.2) is 24.3 Å². The molecule has 0 spiro atoms. The highest BCUT2D eigenvalue weighted by Crippen LogP contribution is 2.29. The Hall–Kier alpha value is -1.35. The number of fused-ring (bicyclic) bond motifs is 1. The van der Waals surface area contributed by atoms with Crippen LogP contribution < -0.4 is 4.90 Å². The zero-order chi connectivity index (χ0) is 11.7. The molecule has 1 aromatic rings. The molecule has 1 aromatic carbocycles. The summed E-state index contributed by atoms with van der Waals surface area (Å²) in [6.45, 7) is 1.53. The smallest absolute Gasteiger partial charge is 0.256 e. The quantitative estimate of drug-likeness (QED) is 0.741. The van der Waals surface area contributed by atoms with Crippen molar-refractivity contribution in [1.82, 2.24) is 0 Å². The molecule has 90 valence electrons. The summed E-state index contributed by atoms with van der Waals surface area (Å²) in [4.78, 5) is 14.3. The zero-order valence-corrected chi connectivity index (χ0v) is 9.89. The molecule has 3 rings (SSSR count). The molecule has 2 aliphatic heterocycles. The molecular weight excluding hydrogens is 214 g/mol. The van der Waals surface area contributed by atoms with E-state index in [1.54, 1.807) is 0 Å². The second-order valence-corrected chi connectivity index (χ2v) is 4.72. The Morgan fingerprint density at radius 2 is 2.18 bits per heavy atom. The summed E-state index contributed by atoms with van der Waals surface area (Å²) in [7, 11) is 0. The summed E-state index contributed by atoms with van der Waals surface area (Å²) >= 11 is 0. The summed E-state index contributed by atoms with van der Waals surface area (Å²) < 4.78 is 5.58. The molecule has 0 saturated carbocycles. The number of benzene rings is 1. The maximum absolute atomic E-state index is 12.4. The van der Waals surface area contributed by atoms with Gasteiger partial charge in [-0.2, -0.15) is 0 Å². The molecule has 1 fully saturated rings. The van der Waals surface area contributed by atoms with Gasteiger partial charge in [0, 0.05) is 18.8 Å². The number of carbonyl (C=O) groups excluding carboxylic acids is 1. The lowest BCUT2D eigenvalue weighted by atomic mass is 10.1. The van der Waals surface area contributed by atoms with E-state index < -0.39 is 0 Å². The Morgan fingerprint density at radius 1 is 1.29 bits per heavy atom. The van der Waals surface area contributed by atoms with Crippen LogP contribution in [0.5, 0.6) is 0 Å². The first-order chi connectivity index (χ1) is 8.36. The van der Waals surface area contributed by atoms with Gasteiger partial charge in [-0.15, -0.1) is 0 Å². The predicted molar refractivity (Wildman–Crippen MR) is 66.1 cm³/mol. The first kappa shape index (κ1) is 10.8. The predicted octanol–water partition coefficient (Wildman–Crippen LogP) is 2.14. The van der Waals surface area contributed by atoms with E-state index >= 15 is 0 Å². The third-order valence-electron chi connectivity index (χ3n) is 3.61. The van der Waals surface area contributed by atoms with E-state index in [-0.39, 0.29) is 12.0 Å². The fourth-order valence-electron chi connectivity index (χ4n) is 2.68. The highest BCUT2D eigenvalue weighted by molar-refractivity contribution is 5.98. The molecule has 1 atom stereocenters. The number of nitrogens with zero attached hydrogens (tertiary/aromatic N) is 1. The summed E-state index contributed by atoms with van der Waals surface area (Å²) in [6, 6.07) is 8.16. The number of rotatable bonds is 1. The number of ether oxygens (including phenoxy) is 1. The number of amides is 1. The fourth-order valence-corrected chi connectivity index (χ4v) is 2.68. The molecule has 1 unspecified atom stereocenters. The summed E-state index contributed by atoms with van der Waals surface area (Å²) in [5, 5.41) is 0. The highest BCUT2D eigenvalue weighted by Gasteiger charge is 2.31. The molecule has 1 saturated heterocycles. The van der Waals surface area contributed by atoms with Crippen molar-refractivity contribution in [2.75, 3.05) is 18.1 Å². The minimum atomic E-state index is -0.213. The Labute approximate surface area is 101 Å². The van der Waals surface area contributed by atoms with Gasteiger partial charge >= 0.3 is 0 Å². The Kier molecular flexibility index (Phi) is 2.85. The zero-order valence-electron chi connectivity index (χ0n) is 9.89. The van der Waals surface area contributed by atoms with Crippen LogP contribution in [0, 0.1) is 0 Å². The topological polar surface area (TPSA) is 29.5 Å². The van der Waals surface area contributed by atoms with E-state index in [9.17, 15) is 4.79 Å². The Balaban J connectivity index is 1.79. The lowest BCUT2D eigenvalue weighted by Gasteiger charge is -2.26. The van der Waals surface area contributed by atoms with Gasteiger partial charge in [-0.05, 0) is 37.3 Å². The second-order valence-electron chi connectivity index (χ2n) is 4.72. The third kappa shape index (κ3) is 1.95. The van der Waals surface area contributed by atoms with Crippen LogP contribution in [0.3, 0.4) is 0 Å². The van der Waals surface area contributed by atoms with E-state index in [0.717, 1.165) is 44.5 Å². The molecule has 2 heterocycles. The van der Waals surface area contributed by atoms with Crippen LogP contribution in [0.25, 0.3) is 0 Å². The summed E-state index contributed by atoms with van der Waals surface area (Å²) in [5.74, 6) is 0.148. The average molecular weight is 231 g/mol. The van der Waals surface area contributed by atoms with E-state index in [2.05, 4.69) is 6.07 Å². The maximum atomic E-state index is 12.4. The van der Waals surface area contributed by atoms with Crippen molar-refractivity contribution in [3.8, 4) is 0 Å². The van der Waals surface area contributed by atoms with Crippen molar-refractivity contribution in [1.29, 1.82) is 0 Å². The summed E-state index contributed by atoms with van der Waals surface area (Å²) in [5.41, 5.74) is 2.35. The van der Waals surface area contributed by atoms with Gasteiger partial charge in [0.2, 0.25) is 0 Å². The van der Waals surface area contributed by atoms with Crippen LogP contribution in [0.1, 0.15) is 24.8 Å². The largest absolute Gasteiger partial charge is 0.368 e. The van der Waals surface area contributed by atoms with Crippen LogP contribution in [0.2, 0.25) is 0 Å². The van der Waals surface area contributed by atoms with Crippen molar-refractivity contribution < 1.29 is 9.53 Å². The Morgan fingerprint density at radius 3 is 3.00 bits per heavy atom. The SMILES string of the molecule is O=C(C1CCCCO1)N1CCc2ccccc21. The number of anilines is 1. The molecule has 3 heteroatoms. The van der Waals surface area contributed by atoms with Crippen molar-refractivity contribution >= 4 is 11.6 Å². The number of carbonyl (C=O) groups is 1. The third-order valence-corrected chi connectivity index (χ3v) is 3.61. The van der Waals surface area contributed by atoms with Crippen LogP contribution >= 0.6 is 0 Å². The first-order valence-electron chi connectivity index (χ1n) is 6.37. The number of hydrogen-bond acceptors (Lipinski definition) is 2. The van der Waals surface area contributed by atoms with Crippen LogP contribution in [-0.4, -0.2) is 25.2 Å². The number of hydrogen-bond donors (Lipinski definition) is 0. The molecule has 0 radical (unpaired) electrons. The van der Waals surface area contributed by atoms with Gasteiger partial charge in [-0.1, -0.05) is 18.2 Å². The molecule has 0 aromatic heterocycles. The monoisotopic (exact) mass is 231 g/mol. The molecule has 3 nitrogen and oxygen atoms in total. The van der Waals surface area contributed by atoms with Gasteiger partial charge in [-0.3, -0.25) is 4.79 Å². The lowest BCUT2D eigenvalue weighted by Crippen LogP contribution is -2.41.